The highest BCUT2D eigenvalue weighted by Crippen LogP contribution is 2.20. The fourth-order valence-electron chi connectivity index (χ4n) is 1.27. The highest BCUT2D eigenvalue weighted by molar-refractivity contribution is 7.99. The minimum atomic E-state index is -4.28. The lowest BCUT2D eigenvalue weighted by molar-refractivity contribution is -0.132. The Morgan fingerprint density at radius 3 is 2.45 bits per heavy atom. The standard InChI is InChI=1S/C12H14F4N2OS/c13-9-3-1-2-4-10(9)20-8-7-18-11(19)17-6-5-12(14,15)16/h1-4H,5-8H2,(H2,17,18,19). The first kappa shape index (κ1) is 16.6. The van der Waals surface area contributed by atoms with Crippen LogP contribution >= 0.6 is 11.8 Å². The van der Waals surface area contributed by atoms with Crippen molar-refractivity contribution < 1.29 is 22.4 Å². The molecule has 0 saturated carbocycles. The van der Waals surface area contributed by atoms with Gasteiger partial charge in [-0.05, 0) is 12.1 Å². The van der Waals surface area contributed by atoms with E-state index in [9.17, 15) is 22.4 Å². The number of halogens is 4. The van der Waals surface area contributed by atoms with Crippen LogP contribution in [0.15, 0.2) is 29.2 Å². The third-order valence-corrected chi connectivity index (χ3v) is 3.23. The molecule has 0 atom stereocenters. The largest absolute Gasteiger partial charge is 0.390 e. The summed E-state index contributed by atoms with van der Waals surface area (Å²) in [5, 5.41) is 4.49. The average Bonchev–Trinajstić information content (AvgIpc) is 2.35. The number of hydrogen-bond acceptors (Lipinski definition) is 2. The van der Waals surface area contributed by atoms with Gasteiger partial charge in [-0.2, -0.15) is 13.2 Å². The molecule has 0 fully saturated rings. The molecule has 0 radical (unpaired) electrons. The Bertz CT molecular complexity index is 440. The molecule has 0 spiro atoms. The maximum atomic E-state index is 13.2. The quantitative estimate of drug-likeness (QED) is 0.481. The number of thioether (sulfide) groups is 1. The number of benzene rings is 1. The van der Waals surface area contributed by atoms with Gasteiger partial charge in [0.15, 0.2) is 0 Å². The summed E-state index contributed by atoms with van der Waals surface area (Å²) in [5.74, 6) is 0.0836. The van der Waals surface area contributed by atoms with Crippen molar-refractivity contribution >= 4 is 17.8 Å². The summed E-state index contributed by atoms with van der Waals surface area (Å²) < 4.78 is 48.7. The smallest absolute Gasteiger partial charge is 0.338 e. The lowest BCUT2D eigenvalue weighted by Crippen LogP contribution is -2.38. The van der Waals surface area contributed by atoms with E-state index in [-0.39, 0.29) is 12.4 Å². The molecule has 0 aliphatic carbocycles. The highest BCUT2D eigenvalue weighted by atomic mass is 32.2. The van der Waals surface area contributed by atoms with Crippen LogP contribution in [-0.4, -0.2) is 31.0 Å². The van der Waals surface area contributed by atoms with Gasteiger partial charge in [0, 0.05) is 23.7 Å². The Balaban J connectivity index is 2.12. The number of carbonyl (C=O) groups excluding carboxylic acids is 1. The van der Waals surface area contributed by atoms with Gasteiger partial charge in [0.1, 0.15) is 5.82 Å². The van der Waals surface area contributed by atoms with Crippen LogP contribution in [0.3, 0.4) is 0 Å². The molecule has 8 heteroatoms. The molecule has 3 nitrogen and oxygen atoms in total. The number of rotatable bonds is 6. The number of carbonyl (C=O) groups is 1. The highest BCUT2D eigenvalue weighted by Gasteiger charge is 2.26. The molecule has 1 aromatic rings. The minimum Gasteiger partial charge on any atom is -0.338 e. The molecule has 0 aliphatic rings. The van der Waals surface area contributed by atoms with Crippen LogP contribution < -0.4 is 10.6 Å². The van der Waals surface area contributed by atoms with Crippen molar-refractivity contribution in [2.45, 2.75) is 17.5 Å². The molecule has 2 N–H and O–H groups in total. The topological polar surface area (TPSA) is 41.1 Å². The second-order valence-electron chi connectivity index (χ2n) is 3.83. The summed E-state index contributed by atoms with van der Waals surface area (Å²) in [6.07, 6.45) is -5.35. The Hall–Kier alpha value is -1.44. The fourth-order valence-corrected chi connectivity index (χ4v) is 2.07. The van der Waals surface area contributed by atoms with Gasteiger partial charge in [0.2, 0.25) is 0 Å². The van der Waals surface area contributed by atoms with Crippen LogP contribution in [0.4, 0.5) is 22.4 Å². The van der Waals surface area contributed by atoms with E-state index in [1.54, 1.807) is 18.2 Å². The van der Waals surface area contributed by atoms with Crippen LogP contribution in [0.1, 0.15) is 6.42 Å². The number of nitrogens with one attached hydrogen (secondary N) is 2. The predicted octanol–water partition coefficient (Wildman–Crippen LogP) is 3.17. The third-order valence-electron chi connectivity index (χ3n) is 2.18. The minimum absolute atomic E-state index is 0.233. The molecule has 2 amide bonds. The van der Waals surface area contributed by atoms with Crippen molar-refractivity contribution in [1.82, 2.24) is 10.6 Å². The zero-order valence-electron chi connectivity index (χ0n) is 10.5. The van der Waals surface area contributed by atoms with E-state index in [1.165, 1.54) is 17.8 Å². The van der Waals surface area contributed by atoms with Crippen LogP contribution in [0.2, 0.25) is 0 Å². The van der Waals surface area contributed by atoms with Crippen LogP contribution in [0, 0.1) is 5.82 Å². The molecule has 0 unspecified atom stereocenters. The fraction of sp³-hybridized carbons (Fsp3) is 0.417. The van der Waals surface area contributed by atoms with Crippen molar-refractivity contribution in [3.8, 4) is 0 Å². The Kier molecular flexibility index (Phi) is 6.63. The van der Waals surface area contributed by atoms with Crippen LogP contribution in [-0.2, 0) is 0 Å². The second kappa shape index (κ2) is 7.98. The van der Waals surface area contributed by atoms with E-state index in [2.05, 4.69) is 10.6 Å². The third kappa shape index (κ3) is 7.22. The molecule has 20 heavy (non-hydrogen) atoms. The first-order valence-corrected chi connectivity index (χ1v) is 6.83. The number of alkyl halides is 3. The molecule has 0 heterocycles. The molecular formula is C12H14F4N2OS. The number of amides is 2. The van der Waals surface area contributed by atoms with Gasteiger partial charge >= 0.3 is 12.2 Å². The maximum Gasteiger partial charge on any atom is 0.390 e. The molecule has 0 aliphatic heterocycles. The van der Waals surface area contributed by atoms with E-state index in [0.29, 0.717) is 10.6 Å². The molecule has 0 bridgehead atoms. The van der Waals surface area contributed by atoms with Crippen molar-refractivity contribution in [3.63, 3.8) is 0 Å². The van der Waals surface area contributed by atoms with Crippen molar-refractivity contribution in [2.75, 3.05) is 18.8 Å². The van der Waals surface area contributed by atoms with Gasteiger partial charge in [-0.25, -0.2) is 9.18 Å². The molecule has 1 rings (SSSR count). The van der Waals surface area contributed by atoms with E-state index >= 15 is 0 Å². The van der Waals surface area contributed by atoms with E-state index < -0.39 is 25.2 Å². The average molecular weight is 310 g/mol. The summed E-state index contributed by atoms with van der Waals surface area (Å²) in [7, 11) is 0. The predicted molar refractivity (Wildman–Crippen MR) is 69.2 cm³/mol. The zero-order valence-corrected chi connectivity index (χ0v) is 11.3. The lowest BCUT2D eigenvalue weighted by atomic mass is 10.3. The lowest BCUT2D eigenvalue weighted by Gasteiger charge is -2.09. The number of hydrogen-bond donors (Lipinski definition) is 2. The Labute approximate surface area is 118 Å². The summed E-state index contributed by atoms with van der Waals surface area (Å²) in [6, 6.07) is 5.56. The van der Waals surface area contributed by atoms with Gasteiger partial charge < -0.3 is 10.6 Å². The van der Waals surface area contributed by atoms with E-state index in [0.717, 1.165) is 0 Å². The second-order valence-corrected chi connectivity index (χ2v) is 4.96. The Morgan fingerprint density at radius 2 is 1.80 bits per heavy atom. The molecule has 112 valence electrons. The molecule has 1 aromatic carbocycles. The van der Waals surface area contributed by atoms with Crippen molar-refractivity contribution in [3.05, 3.63) is 30.1 Å². The first-order chi connectivity index (χ1) is 9.38. The SMILES string of the molecule is O=C(NCCSc1ccccc1F)NCCC(F)(F)F. The van der Waals surface area contributed by atoms with Crippen molar-refractivity contribution in [1.29, 1.82) is 0 Å². The van der Waals surface area contributed by atoms with E-state index in [4.69, 9.17) is 0 Å². The van der Waals surface area contributed by atoms with Gasteiger partial charge in [0.25, 0.3) is 0 Å². The molecular weight excluding hydrogens is 296 g/mol. The van der Waals surface area contributed by atoms with Crippen LogP contribution in [0.25, 0.3) is 0 Å². The Morgan fingerprint density at radius 1 is 1.15 bits per heavy atom. The van der Waals surface area contributed by atoms with Crippen LogP contribution in [0.5, 0.6) is 0 Å². The van der Waals surface area contributed by atoms with Gasteiger partial charge in [-0.15, -0.1) is 11.8 Å². The number of urea groups is 1. The summed E-state index contributed by atoms with van der Waals surface area (Å²) in [5.41, 5.74) is 0. The van der Waals surface area contributed by atoms with E-state index in [1.807, 2.05) is 0 Å². The first-order valence-electron chi connectivity index (χ1n) is 5.84. The maximum absolute atomic E-state index is 13.2. The summed E-state index contributed by atoms with van der Waals surface area (Å²) in [4.78, 5) is 11.6. The van der Waals surface area contributed by atoms with Gasteiger partial charge in [-0.3, -0.25) is 0 Å². The molecule has 0 aromatic heterocycles. The summed E-state index contributed by atoms with van der Waals surface area (Å²) >= 11 is 1.22. The molecule has 0 saturated heterocycles. The van der Waals surface area contributed by atoms with Crippen molar-refractivity contribution in [2.24, 2.45) is 0 Å². The normalized spacial score (nSPS) is 11.2. The van der Waals surface area contributed by atoms with Gasteiger partial charge in [0.05, 0.1) is 6.42 Å². The summed E-state index contributed by atoms with van der Waals surface area (Å²) in [6.45, 7) is -0.230. The monoisotopic (exact) mass is 310 g/mol. The van der Waals surface area contributed by atoms with Gasteiger partial charge in [-0.1, -0.05) is 12.1 Å². The zero-order chi connectivity index (χ0) is 15.0.